The Kier molecular flexibility index (Phi) is 2.21. The largest absolute Gasteiger partial charge is 0.276 e. The van der Waals surface area contributed by atoms with Gasteiger partial charge in [0.25, 0.3) is 0 Å². The Morgan fingerprint density at radius 1 is 1.33 bits per heavy atom. The fraction of sp³-hybridized carbons (Fsp3) is 0.889. The summed E-state index contributed by atoms with van der Waals surface area (Å²) in [5.41, 5.74) is 0.129. The molecule has 0 aliphatic carbocycles. The van der Waals surface area contributed by atoms with Gasteiger partial charge >= 0.3 is 0 Å². The Morgan fingerprint density at radius 2 is 1.83 bits per heavy atom. The average Bonchev–Trinajstić information content (AvgIpc) is 1.98. The third kappa shape index (κ3) is 1.36. The molecule has 0 unspecified atom stereocenters. The quantitative estimate of drug-likeness (QED) is 0.585. The molecule has 1 aliphatic rings. The maximum absolute atomic E-state index is 5.33. The van der Waals surface area contributed by atoms with Crippen molar-refractivity contribution in [2.75, 3.05) is 7.11 Å². The van der Waals surface area contributed by atoms with Gasteiger partial charge in [0.1, 0.15) is 4.99 Å². The number of rotatable bonds is 1. The second-order valence-corrected chi connectivity index (χ2v) is 5.04. The lowest BCUT2D eigenvalue weighted by atomic mass is 9.86. The molecule has 1 saturated heterocycles. The highest BCUT2D eigenvalue weighted by atomic mass is 32.1. The molecule has 70 valence electrons. The smallest absolute Gasteiger partial charge is 0.110 e. The lowest BCUT2D eigenvalue weighted by molar-refractivity contribution is -0.116. The van der Waals surface area contributed by atoms with E-state index in [2.05, 4.69) is 27.7 Å². The molecule has 0 aromatic heterocycles. The summed E-state index contributed by atoms with van der Waals surface area (Å²) in [7, 11) is 1.68. The lowest BCUT2D eigenvalue weighted by Crippen LogP contribution is -2.39. The summed E-state index contributed by atoms with van der Waals surface area (Å²) in [5, 5.41) is 1.85. The fourth-order valence-corrected chi connectivity index (χ4v) is 2.50. The fourth-order valence-electron chi connectivity index (χ4n) is 2.11. The molecule has 1 rings (SSSR count). The molecule has 0 atom stereocenters. The summed E-state index contributed by atoms with van der Waals surface area (Å²) >= 11 is 5.33. The first-order valence-electron chi connectivity index (χ1n) is 4.20. The zero-order valence-electron chi connectivity index (χ0n) is 8.47. The molecule has 0 aromatic rings. The van der Waals surface area contributed by atoms with E-state index in [9.17, 15) is 0 Å². The van der Waals surface area contributed by atoms with Gasteiger partial charge in [-0.25, -0.2) is 5.06 Å². The van der Waals surface area contributed by atoms with Gasteiger partial charge in [0, 0.05) is 5.41 Å². The van der Waals surface area contributed by atoms with Gasteiger partial charge in [-0.05, 0) is 20.3 Å². The van der Waals surface area contributed by atoms with E-state index in [1.807, 2.05) is 5.06 Å². The van der Waals surface area contributed by atoms with Gasteiger partial charge in [-0.15, -0.1) is 0 Å². The van der Waals surface area contributed by atoms with Crippen molar-refractivity contribution in [3.8, 4) is 0 Å². The van der Waals surface area contributed by atoms with E-state index >= 15 is 0 Å². The summed E-state index contributed by atoms with van der Waals surface area (Å²) in [6.07, 6.45) is 1.05. The molecule has 0 saturated carbocycles. The van der Waals surface area contributed by atoms with Gasteiger partial charge < -0.3 is 0 Å². The van der Waals surface area contributed by atoms with Crippen LogP contribution in [0.3, 0.4) is 0 Å². The van der Waals surface area contributed by atoms with E-state index in [-0.39, 0.29) is 11.0 Å². The van der Waals surface area contributed by atoms with Crippen LogP contribution < -0.4 is 0 Å². The molecule has 0 radical (unpaired) electrons. The van der Waals surface area contributed by atoms with E-state index in [0.717, 1.165) is 11.4 Å². The van der Waals surface area contributed by atoms with Crippen molar-refractivity contribution in [1.82, 2.24) is 5.06 Å². The molecular formula is C9H17NOS. The van der Waals surface area contributed by atoms with Crippen molar-refractivity contribution in [2.24, 2.45) is 5.41 Å². The van der Waals surface area contributed by atoms with Crippen molar-refractivity contribution >= 4 is 17.2 Å². The van der Waals surface area contributed by atoms with Gasteiger partial charge in [-0.2, -0.15) is 0 Å². The minimum Gasteiger partial charge on any atom is -0.276 e. The molecule has 0 N–H and O–H groups in total. The highest BCUT2D eigenvalue weighted by Crippen LogP contribution is 2.42. The SMILES string of the molecule is CON1C(=S)C(C)(C)CC1(C)C. The molecule has 1 aliphatic heterocycles. The van der Waals surface area contributed by atoms with Crippen LogP contribution in [-0.2, 0) is 4.84 Å². The van der Waals surface area contributed by atoms with Crippen molar-refractivity contribution in [2.45, 2.75) is 39.7 Å². The summed E-state index contributed by atoms with van der Waals surface area (Å²) in [6, 6.07) is 0. The Balaban J connectivity index is 2.96. The first-order chi connectivity index (χ1) is 5.31. The Hall–Kier alpha value is -0.150. The van der Waals surface area contributed by atoms with Crippen molar-refractivity contribution in [3.63, 3.8) is 0 Å². The number of nitrogens with zero attached hydrogens (tertiary/aromatic N) is 1. The molecular weight excluding hydrogens is 170 g/mol. The van der Waals surface area contributed by atoms with Crippen LogP contribution in [0.5, 0.6) is 0 Å². The summed E-state index contributed by atoms with van der Waals surface area (Å²) < 4.78 is 0. The van der Waals surface area contributed by atoms with Crippen molar-refractivity contribution in [3.05, 3.63) is 0 Å². The normalized spacial score (nSPS) is 26.4. The predicted octanol–water partition coefficient (Wildman–Crippen LogP) is 2.39. The van der Waals surface area contributed by atoms with Crippen LogP contribution in [0.25, 0.3) is 0 Å². The summed E-state index contributed by atoms with van der Waals surface area (Å²) in [4.78, 5) is 6.18. The molecule has 1 fully saturated rings. The van der Waals surface area contributed by atoms with Gasteiger partial charge in [0.2, 0.25) is 0 Å². The van der Waals surface area contributed by atoms with Crippen LogP contribution in [0.15, 0.2) is 0 Å². The summed E-state index contributed by atoms with van der Waals surface area (Å²) in [5.74, 6) is 0. The monoisotopic (exact) mass is 187 g/mol. The van der Waals surface area contributed by atoms with Crippen LogP contribution in [-0.4, -0.2) is 22.7 Å². The minimum atomic E-state index is 0.0370. The molecule has 0 bridgehead atoms. The first-order valence-corrected chi connectivity index (χ1v) is 4.61. The van der Waals surface area contributed by atoms with E-state index < -0.39 is 0 Å². The Morgan fingerprint density at radius 3 is 2.00 bits per heavy atom. The third-order valence-electron chi connectivity index (χ3n) is 2.37. The number of hydroxylamine groups is 2. The van der Waals surface area contributed by atoms with Gasteiger partial charge in [0.05, 0.1) is 12.6 Å². The molecule has 2 nitrogen and oxygen atoms in total. The van der Waals surface area contributed by atoms with Gasteiger partial charge in [0.15, 0.2) is 0 Å². The van der Waals surface area contributed by atoms with Gasteiger partial charge in [-0.1, -0.05) is 26.1 Å². The maximum atomic E-state index is 5.33. The van der Waals surface area contributed by atoms with E-state index in [1.165, 1.54) is 0 Å². The van der Waals surface area contributed by atoms with Crippen LogP contribution in [0.4, 0.5) is 0 Å². The average molecular weight is 187 g/mol. The van der Waals surface area contributed by atoms with E-state index in [1.54, 1.807) is 7.11 Å². The molecule has 0 aromatic carbocycles. The van der Waals surface area contributed by atoms with Crippen LogP contribution in [0.1, 0.15) is 34.1 Å². The second kappa shape index (κ2) is 2.67. The number of hydrogen-bond acceptors (Lipinski definition) is 2. The number of thiocarbonyl (C=S) groups is 1. The predicted molar refractivity (Wildman–Crippen MR) is 53.9 cm³/mol. The Bertz CT molecular complexity index is 211. The van der Waals surface area contributed by atoms with Crippen LogP contribution >= 0.6 is 12.2 Å². The topological polar surface area (TPSA) is 12.5 Å². The highest BCUT2D eigenvalue weighted by molar-refractivity contribution is 7.80. The van der Waals surface area contributed by atoms with E-state index in [0.29, 0.717) is 0 Å². The number of hydrogen-bond donors (Lipinski definition) is 0. The first kappa shape index (κ1) is 9.93. The van der Waals surface area contributed by atoms with Gasteiger partial charge in [-0.3, -0.25) is 4.84 Å². The maximum Gasteiger partial charge on any atom is 0.110 e. The Labute approximate surface area is 79.8 Å². The third-order valence-corrected chi connectivity index (χ3v) is 3.09. The van der Waals surface area contributed by atoms with Crippen LogP contribution in [0.2, 0.25) is 0 Å². The standard InChI is InChI=1S/C9H17NOS/c1-8(2)6-9(3,4)10(11-5)7(8)12/h6H2,1-5H3. The minimum absolute atomic E-state index is 0.0370. The highest BCUT2D eigenvalue weighted by Gasteiger charge is 2.47. The summed E-state index contributed by atoms with van der Waals surface area (Å²) in [6.45, 7) is 8.63. The van der Waals surface area contributed by atoms with Crippen molar-refractivity contribution in [1.29, 1.82) is 0 Å². The molecule has 12 heavy (non-hydrogen) atoms. The molecule has 3 heteroatoms. The van der Waals surface area contributed by atoms with Crippen LogP contribution in [0, 0.1) is 5.41 Å². The van der Waals surface area contributed by atoms with E-state index in [4.69, 9.17) is 17.1 Å². The molecule has 0 amide bonds. The molecule has 1 heterocycles. The van der Waals surface area contributed by atoms with Crippen molar-refractivity contribution < 1.29 is 4.84 Å². The molecule has 0 spiro atoms. The zero-order valence-corrected chi connectivity index (χ0v) is 9.29. The second-order valence-electron chi connectivity index (χ2n) is 4.66. The zero-order chi connectivity index (χ0) is 9.57. The lowest BCUT2D eigenvalue weighted by Gasteiger charge is -2.29.